The molecule has 118 valence electrons. The third kappa shape index (κ3) is 3.22. The molecule has 0 bridgehead atoms. The van der Waals surface area contributed by atoms with E-state index in [2.05, 4.69) is 29.3 Å². The van der Waals surface area contributed by atoms with Gasteiger partial charge in [0.15, 0.2) is 10.9 Å². The van der Waals surface area contributed by atoms with Crippen molar-refractivity contribution in [2.24, 2.45) is 7.05 Å². The van der Waals surface area contributed by atoms with Crippen LogP contribution in [0.3, 0.4) is 0 Å². The number of hydrogen-bond donors (Lipinski definition) is 0. The first-order valence-electron chi connectivity index (χ1n) is 7.32. The molecule has 0 amide bonds. The van der Waals surface area contributed by atoms with Crippen LogP contribution in [0.1, 0.15) is 21.9 Å². The normalized spacial score (nSPS) is 10.9. The zero-order valence-corrected chi connectivity index (χ0v) is 14.2. The summed E-state index contributed by atoms with van der Waals surface area (Å²) in [5, 5.41) is 9.09. The Labute approximate surface area is 139 Å². The van der Waals surface area contributed by atoms with Crippen LogP contribution in [0.5, 0.6) is 0 Å². The van der Waals surface area contributed by atoms with Crippen LogP contribution in [-0.2, 0) is 7.05 Å². The van der Waals surface area contributed by atoms with Crippen LogP contribution in [0.4, 0.5) is 0 Å². The number of nitrogens with zero attached hydrogens (tertiary/aromatic N) is 4. The number of thioether (sulfide) groups is 1. The molecule has 0 fully saturated rings. The molecule has 5 nitrogen and oxygen atoms in total. The first-order chi connectivity index (χ1) is 11.1. The van der Waals surface area contributed by atoms with E-state index in [1.807, 2.05) is 53.6 Å². The maximum atomic E-state index is 12.3. The molecule has 0 atom stereocenters. The largest absolute Gasteiger partial charge is 0.348 e. The summed E-state index contributed by atoms with van der Waals surface area (Å²) in [6.45, 7) is 3.97. The van der Waals surface area contributed by atoms with Crippen molar-refractivity contribution in [1.82, 2.24) is 19.3 Å². The summed E-state index contributed by atoms with van der Waals surface area (Å²) in [6.07, 6.45) is 1.87. The Morgan fingerprint density at radius 3 is 2.52 bits per heavy atom. The molecule has 0 radical (unpaired) electrons. The van der Waals surface area contributed by atoms with E-state index in [0.717, 1.165) is 16.7 Å². The van der Waals surface area contributed by atoms with Crippen molar-refractivity contribution in [3.63, 3.8) is 0 Å². The van der Waals surface area contributed by atoms with E-state index in [0.29, 0.717) is 11.4 Å². The van der Waals surface area contributed by atoms with Gasteiger partial charge >= 0.3 is 0 Å². The third-order valence-corrected chi connectivity index (χ3v) is 4.58. The molecule has 0 aliphatic heterocycles. The highest BCUT2D eigenvalue weighted by Gasteiger charge is 2.15. The molecule has 0 N–H and O–H groups in total. The number of benzene rings is 1. The topological polar surface area (TPSA) is 52.7 Å². The second kappa shape index (κ2) is 6.42. The van der Waals surface area contributed by atoms with Crippen molar-refractivity contribution in [2.75, 3.05) is 5.75 Å². The van der Waals surface area contributed by atoms with Crippen LogP contribution in [0.2, 0.25) is 0 Å². The second-order valence-corrected chi connectivity index (χ2v) is 6.36. The minimum absolute atomic E-state index is 0.0820. The summed E-state index contributed by atoms with van der Waals surface area (Å²) in [5.74, 6) is 1.23. The Morgan fingerprint density at radius 2 is 1.87 bits per heavy atom. The molecule has 2 heterocycles. The van der Waals surface area contributed by atoms with Crippen molar-refractivity contribution >= 4 is 17.5 Å². The molecule has 2 aromatic heterocycles. The van der Waals surface area contributed by atoms with Crippen LogP contribution >= 0.6 is 11.8 Å². The predicted octanol–water partition coefficient (Wildman–Crippen LogP) is 3.20. The number of hydrogen-bond acceptors (Lipinski definition) is 4. The molecule has 1 aromatic carbocycles. The molecule has 6 heteroatoms. The van der Waals surface area contributed by atoms with E-state index in [1.54, 1.807) is 0 Å². The van der Waals surface area contributed by atoms with Gasteiger partial charge in [-0.1, -0.05) is 29.5 Å². The summed E-state index contributed by atoms with van der Waals surface area (Å²) in [5.41, 5.74) is 2.91. The zero-order valence-electron chi connectivity index (χ0n) is 13.4. The minimum atomic E-state index is 0.0820. The second-order valence-electron chi connectivity index (χ2n) is 5.42. The molecule has 0 saturated carbocycles. The molecular weight excluding hydrogens is 308 g/mol. The molecular formula is C17H18N4OS. The zero-order chi connectivity index (χ0) is 16.4. The average Bonchev–Trinajstić information content (AvgIpc) is 3.12. The number of Topliss-reactive ketones (excluding diaryl/α,β-unsaturated/α-hetero) is 1. The van der Waals surface area contributed by atoms with E-state index >= 15 is 0 Å². The van der Waals surface area contributed by atoms with E-state index in [9.17, 15) is 4.79 Å². The van der Waals surface area contributed by atoms with Crippen molar-refractivity contribution in [3.8, 4) is 5.69 Å². The number of aryl methyl sites for hydroxylation is 3. The van der Waals surface area contributed by atoms with Gasteiger partial charge < -0.3 is 4.57 Å². The Bertz CT molecular complexity index is 833. The molecule has 0 saturated heterocycles. The molecule has 23 heavy (non-hydrogen) atoms. The summed E-state index contributed by atoms with van der Waals surface area (Å²) in [6, 6.07) is 11.9. The standard InChI is InChI=1S/C17H18N4OS/c1-12-6-8-14(9-7-12)21-13(2)18-19-17(21)23-11-16(22)15-5-4-10-20(15)3/h4-10H,11H2,1-3H3. The highest BCUT2D eigenvalue weighted by Crippen LogP contribution is 2.23. The Hall–Kier alpha value is -2.34. The number of carbonyl (C=O) groups is 1. The van der Waals surface area contributed by atoms with Crippen LogP contribution in [0, 0.1) is 13.8 Å². The monoisotopic (exact) mass is 326 g/mol. The fourth-order valence-electron chi connectivity index (χ4n) is 2.38. The van der Waals surface area contributed by atoms with Gasteiger partial charge in [0.05, 0.1) is 11.4 Å². The lowest BCUT2D eigenvalue weighted by atomic mass is 10.2. The Kier molecular flexibility index (Phi) is 4.34. The van der Waals surface area contributed by atoms with Crippen LogP contribution in [-0.4, -0.2) is 30.9 Å². The van der Waals surface area contributed by atoms with Crippen LogP contribution in [0.25, 0.3) is 5.69 Å². The van der Waals surface area contributed by atoms with E-state index in [4.69, 9.17) is 0 Å². The third-order valence-electron chi connectivity index (χ3n) is 3.65. The van der Waals surface area contributed by atoms with Gasteiger partial charge in [0.2, 0.25) is 0 Å². The lowest BCUT2D eigenvalue weighted by Gasteiger charge is -2.08. The number of rotatable bonds is 5. The predicted molar refractivity (Wildman–Crippen MR) is 91.3 cm³/mol. The highest BCUT2D eigenvalue weighted by molar-refractivity contribution is 7.99. The van der Waals surface area contributed by atoms with E-state index in [-0.39, 0.29) is 5.78 Å². The number of carbonyl (C=O) groups excluding carboxylic acids is 1. The van der Waals surface area contributed by atoms with Gasteiger partial charge in [-0.2, -0.15) is 0 Å². The maximum Gasteiger partial charge on any atom is 0.196 e. The Balaban J connectivity index is 1.80. The summed E-state index contributed by atoms with van der Waals surface area (Å²) < 4.78 is 3.81. The van der Waals surface area contributed by atoms with Gasteiger partial charge in [-0.05, 0) is 38.1 Å². The minimum Gasteiger partial charge on any atom is -0.348 e. The Morgan fingerprint density at radius 1 is 1.13 bits per heavy atom. The molecule has 3 aromatic rings. The molecule has 0 aliphatic carbocycles. The summed E-state index contributed by atoms with van der Waals surface area (Å²) >= 11 is 1.41. The van der Waals surface area contributed by atoms with Crippen molar-refractivity contribution < 1.29 is 4.79 Å². The van der Waals surface area contributed by atoms with Gasteiger partial charge in [0.1, 0.15) is 5.82 Å². The smallest absolute Gasteiger partial charge is 0.196 e. The quantitative estimate of drug-likeness (QED) is 0.534. The van der Waals surface area contributed by atoms with Gasteiger partial charge in [0, 0.05) is 18.9 Å². The molecule has 0 aliphatic rings. The fourth-order valence-corrected chi connectivity index (χ4v) is 3.26. The van der Waals surface area contributed by atoms with Crippen molar-refractivity contribution in [3.05, 3.63) is 59.7 Å². The lowest BCUT2D eigenvalue weighted by Crippen LogP contribution is -2.08. The first kappa shape index (κ1) is 15.6. The fraction of sp³-hybridized carbons (Fsp3) is 0.235. The van der Waals surface area contributed by atoms with E-state index < -0.39 is 0 Å². The van der Waals surface area contributed by atoms with Gasteiger partial charge in [-0.3, -0.25) is 9.36 Å². The molecule has 0 unspecified atom stereocenters. The number of ketones is 1. The molecule has 0 spiro atoms. The highest BCUT2D eigenvalue weighted by atomic mass is 32.2. The van der Waals surface area contributed by atoms with Gasteiger partial charge in [-0.15, -0.1) is 10.2 Å². The average molecular weight is 326 g/mol. The SMILES string of the molecule is Cc1ccc(-n2c(C)nnc2SCC(=O)c2cccn2C)cc1. The van der Waals surface area contributed by atoms with Gasteiger partial charge in [0.25, 0.3) is 0 Å². The van der Waals surface area contributed by atoms with Crippen molar-refractivity contribution in [2.45, 2.75) is 19.0 Å². The van der Waals surface area contributed by atoms with Gasteiger partial charge in [-0.25, -0.2) is 0 Å². The maximum absolute atomic E-state index is 12.3. The summed E-state index contributed by atoms with van der Waals surface area (Å²) in [7, 11) is 1.87. The number of aromatic nitrogens is 4. The summed E-state index contributed by atoms with van der Waals surface area (Å²) in [4.78, 5) is 12.3. The lowest BCUT2D eigenvalue weighted by molar-refractivity contribution is 0.101. The molecule has 3 rings (SSSR count). The van der Waals surface area contributed by atoms with Crippen LogP contribution < -0.4 is 0 Å². The van der Waals surface area contributed by atoms with Crippen molar-refractivity contribution in [1.29, 1.82) is 0 Å². The first-order valence-corrected chi connectivity index (χ1v) is 8.31. The van der Waals surface area contributed by atoms with Crippen LogP contribution in [0.15, 0.2) is 47.8 Å². The van der Waals surface area contributed by atoms with E-state index in [1.165, 1.54) is 17.3 Å².